The molecule has 0 radical (unpaired) electrons. The summed E-state index contributed by atoms with van der Waals surface area (Å²) in [4.78, 5) is 11.6. The van der Waals surface area contributed by atoms with Crippen molar-refractivity contribution in [3.8, 4) is 0 Å². The molecule has 1 aliphatic heterocycles. The third-order valence-electron chi connectivity index (χ3n) is 2.40. The van der Waals surface area contributed by atoms with Crippen LogP contribution in [0.2, 0.25) is 0 Å². The van der Waals surface area contributed by atoms with Crippen molar-refractivity contribution in [3.05, 3.63) is 47.2 Å². The molecule has 2 nitrogen and oxygen atoms in total. The van der Waals surface area contributed by atoms with Crippen LogP contribution in [-0.2, 0) is 4.79 Å². The van der Waals surface area contributed by atoms with Gasteiger partial charge >= 0.3 is 0 Å². The van der Waals surface area contributed by atoms with Crippen LogP contribution in [0, 0.1) is 0 Å². The molecule has 2 heteroatoms. The molecule has 2 rings (SSSR count). The predicted molar refractivity (Wildman–Crippen MR) is 56.7 cm³/mol. The van der Waals surface area contributed by atoms with Gasteiger partial charge in [-0.3, -0.25) is 4.79 Å². The van der Waals surface area contributed by atoms with E-state index in [0.29, 0.717) is 6.42 Å². The van der Waals surface area contributed by atoms with Crippen molar-refractivity contribution in [2.24, 2.45) is 0 Å². The van der Waals surface area contributed by atoms with Crippen molar-refractivity contribution in [2.75, 3.05) is 6.54 Å². The molecule has 0 saturated carbocycles. The number of hydrogen-bond donors (Lipinski definition) is 1. The third-order valence-corrected chi connectivity index (χ3v) is 2.40. The molecular formula is C12H13NO. The highest BCUT2D eigenvalue weighted by molar-refractivity contribution is 6.03. The SMILES string of the molecule is CC=CC=C1C=CC2=C1C(=O)CCN2. The van der Waals surface area contributed by atoms with Crippen LogP contribution in [0.15, 0.2) is 47.2 Å². The van der Waals surface area contributed by atoms with Gasteiger partial charge in [0.1, 0.15) is 0 Å². The number of hydrogen-bond acceptors (Lipinski definition) is 2. The molecule has 1 aliphatic carbocycles. The van der Waals surface area contributed by atoms with Gasteiger partial charge in [0.2, 0.25) is 0 Å². The molecule has 0 amide bonds. The van der Waals surface area contributed by atoms with Crippen molar-refractivity contribution in [3.63, 3.8) is 0 Å². The van der Waals surface area contributed by atoms with Gasteiger partial charge in [0, 0.05) is 24.2 Å². The van der Waals surface area contributed by atoms with Gasteiger partial charge in [-0.2, -0.15) is 0 Å². The van der Waals surface area contributed by atoms with E-state index in [9.17, 15) is 4.79 Å². The Kier molecular flexibility index (Phi) is 2.35. The molecule has 0 unspecified atom stereocenters. The second-order valence-electron chi connectivity index (χ2n) is 3.37. The lowest BCUT2D eigenvalue weighted by Gasteiger charge is -2.15. The van der Waals surface area contributed by atoms with E-state index in [1.54, 1.807) is 0 Å². The number of nitrogens with one attached hydrogen (secondary N) is 1. The summed E-state index contributed by atoms with van der Waals surface area (Å²) in [6.45, 7) is 2.73. The van der Waals surface area contributed by atoms with Gasteiger partial charge in [0.05, 0.1) is 0 Å². The second kappa shape index (κ2) is 3.66. The van der Waals surface area contributed by atoms with Crippen LogP contribution >= 0.6 is 0 Å². The van der Waals surface area contributed by atoms with Crippen LogP contribution in [0.4, 0.5) is 0 Å². The van der Waals surface area contributed by atoms with Crippen molar-refractivity contribution >= 4 is 5.78 Å². The average molecular weight is 187 g/mol. The fourth-order valence-corrected chi connectivity index (χ4v) is 1.73. The smallest absolute Gasteiger partial charge is 0.167 e. The third kappa shape index (κ3) is 1.43. The van der Waals surface area contributed by atoms with Crippen molar-refractivity contribution in [1.29, 1.82) is 0 Å². The topological polar surface area (TPSA) is 29.1 Å². The van der Waals surface area contributed by atoms with Crippen LogP contribution in [0.5, 0.6) is 0 Å². The quantitative estimate of drug-likeness (QED) is 0.679. The Balaban J connectivity index is 2.36. The zero-order valence-corrected chi connectivity index (χ0v) is 8.21. The van der Waals surface area contributed by atoms with E-state index in [2.05, 4.69) is 5.32 Å². The van der Waals surface area contributed by atoms with Gasteiger partial charge in [-0.25, -0.2) is 0 Å². The van der Waals surface area contributed by atoms with Crippen molar-refractivity contribution in [2.45, 2.75) is 13.3 Å². The Morgan fingerprint density at radius 3 is 3.07 bits per heavy atom. The number of Topliss-reactive ketones (excluding diaryl/α,β-unsaturated/α-hetero) is 1. The van der Waals surface area contributed by atoms with E-state index in [0.717, 1.165) is 23.4 Å². The Morgan fingerprint density at radius 2 is 2.29 bits per heavy atom. The second-order valence-corrected chi connectivity index (χ2v) is 3.37. The summed E-state index contributed by atoms with van der Waals surface area (Å²) in [6.07, 6.45) is 10.5. The zero-order chi connectivity index (χ0) is 9.97. The molecule has 0 saturated heterocycles. The van der Waals surface area contributed by atoms with E-state index in [-0.39, 0.29) is 5.78 Å². The summed E-state index contributed by atoms with van der Waals surface area (Å²) in [6, 6.07) is 0. The molecule has 0 spiro atoms. The standard InChI is InChI=1S/C12H13NO/c1-2-3-4-9-5-6-10-12(9)11(14)7-8-13-10/h2-6,13H,7-8H2,1H3. The van der Waals surface area contributed by atoms with Crippen molar-refractivity contribution < 1.29 is 4.79 Å². The molecule has 1 heterocycles. The van der Waals surface area contributed by atoms with E-state index in [4.69, 9.17) is 0 Å². The molecule has 0 atom stereocenters. The highest BCUT2D eigenvalue weighted by Crippen LogP contribution is 2.27. The van der Waals surface area contributed by atoms with E-state index in [1.807, 2.05) is 37.3 Å². The largest absolute Gasteiger partial charge is 0.384 e. The van der Waals surface area contributed by atoms with Gasteiger partial charge in [0.15, 0.2) is 5.78 Å². The highest BCUT2D eigenvalue weighted by Gasteiger charge is 2.23. The maximum absolute atomic E-state index is 11.6. The summed E-state index contributed by atoms with van der Waals surface area (Å²) in [5, 5.41) is 3.22. The number of rotatable bonds is 1. The Morgan fingerprint density at radius 1 is 1.43 bits per heavy atom. The Labute approximate surface area is 83.7 Å². The van der Waals surface area contributed by atoms with Crippen LogP contribution in [0.25, 0.3) is 0 Å². The fourth-order valence-electron chi connectivity index (χ4n) is 1.73. The minimum absolute atomic E-state index is 0.250. The van der Waals surface area contributed by atoms with Gasteiger partial charge in [-0.1, -0.05) is 24.3 Å². The number of ketones is 1. The Hall–Kier alpha value is -1.57. The molecule has 72 valence electrons. The van der Waals surface area contributed by atoms with E-state index < -0.39 is 0 Å². The van der Waals surface area contributed by atoms with Gasteiger partial charge in [0.25, 0.3) is 0 Å². The van der Waals surface area contributed by atoms with Crippen molar-refractivity contribution in [1.82, 2.24) is 5.32 Å². The molecule has 0 bridgehead atoms. The summed E-state index contributed by atoms with van der Waals surface area (Å²) in [5.41, 5.74) is 2.86. The van der Waals surface area contributed by atoms with Gasteiger partial charge in [-0.05, 0) is 18.6 Å². The van der Waals surface area contributed by atoms with Crippen LogP contribution < -0.4 is 5.32 Å². The minimum Gasteiger partial charge on any atom is -0.384 e. The monoisotopic (exact) mass is 187 g/mol. The molecule has 1 N–H and O–H groups in total. The summed E-state index contributed by atoms with van der Waals surface area (Å²) in [7, 11) is 0. The maximum Gasteiger partial charge on any atom is 0.167 e. The van der Waals surface area contributed by atoms with E-state index in [1.165, 1.54) is 0 Å². The molecule has 2 aliphatic rings. The normalized spacial score (nSPS) is 23.5. The highest BCUT2D eigenvalue weighted by atomic mass is 16.1. The number of allylic oxidation sites excluding steroid dienone is 7. The molecule has 0 aromatic heterocycles. The summed E-state index contributed by atoms with van der Waals surface area (Å²) in [5.74, 6) is 0.250. The lowest BCUT2D eigenvalue weighted by Crippen LogP contribution is -2.25. The first kappa shape index (κ1) is 9.00. The van der Waals surface area contributed by atoms with Crippen LogP contribution in [0.3, 0.4) is 0 Å². The van der Waals surface area contributed by atoms with Gasteiger partial charge < -0.3 is 5.32 Å². The first-order chi connectivity index (χ1) is 6.83. The lowest BCUT2D eigenvalue weighted by atomic mass is 9.99. The first-order valence-electron chi connectivity index (χ1n) is 4.85. The molecule has 14 heavy (non-hydrogen) atoms. The summed E-state index contributed by atoms with van der Waals surface area (Å²) >= 11 is 0. The van der Waals surface area contributed by atoms with Gasteiger partial charge in [-0.15, -0.1) is 0 Å². The predicted octanol–water partition coefficient (Wildman–Crippen LogP) is 1.88. The molecule has 0 aromatic carbocycles. The zero-order valence-electron chi connectivity index (χ0n) is 8.21. The number of carbonyl (C=O) groups excluding carboxylic acids is 1. The molecular weight excluding hydrogens is 174 g/mol. The number of carbonyl (C=O) groups is 1. The maximum atomic E-state index is 11.6. The van der Waals surface area contributed by atoms with Crippen LogP contribution in [0.1, 0.15) is 13.3 Å². The lowest BCUT2D eigenvalue weighted by molar-refractivity contribution is -0.115. The first-order valence-corrected chi connectivity index (χ1v) is 4.85. The van der Waals surface area contributed by atoms with E-state index >= 15 is 0 Å². The fraction of sp³-hybridized carbons (Fsp3) is 0.250. The average Bonchev–Trinajstić information content (AvgIpc) is 2.59. The van der Waals surface area contributed by atoms with Crippen LogP contribution in [-0.4, -0.2) is 12.3 Å². The molecule has 0 fully saturated rings. The molecule has 0 aromatic rings. The summed E-state index contributed by atoms with van der Waals surface area (Å²) < 4.78 is 0. The Bertz CT molecular complexity index is 383. The minimum atomic E-state index is 0.250.